The smallest absolute Gasteiger partial charge is 0.150 e. The van der Waals surface area contributed by atoms with E-state index in [1.54, 1.807) is 0 Å². The molecule has 28 heavy (non-hydrogen) atoms. The second kappa shape index (κ2) is 7.57. The largest absolute Gasteiger partial charge is 0.466 e. The summed E-state index contributed by atoms with van der Waals surface area (Å²) in [5, 5.41) is 1.10. The van der Waals surface area contributed by atoms with Crippen LogP contribution in [-0.2, 0) is 6.42 Å². The Morgan fingerprint density at radius 3 is 2.43 bits per heavy atom. The van der Waals surface area contributed by atoms with Crippen molar-refractivity contribution in [2.75, 3.05) is 0 Å². The highest BCUT2D eigenvalue weighted by Gasteiger charge is 2.16. The van der Waals surface area contributed by atoms with Crippen LogP contribution < -0.4 is 4.74 Å². The lowest BCUT2D eigenvalue weighted by Gasteiger charge is -2.06. The molecule has 0 aliphatic rings. The maximum Gasteiger partial charge on any atom is 0.150 e. The highest BCUT2D eigenvalue weighted by molar-refractivity contribution is 5.89. The molecule has 0 unspecified atom stereocenters. The summed E-state index contributed by atoms with van der Waals surface area (Å²) in [5.41, 5.74) is 5.92. The minimum absolute atomic E-state index is 0.648. The number of rotatable bonds is 6. The molecule has 0 fully saturated rings. The van der Waals surface area contributed by atoms with E-state index in [0.29, 0.717) is 5.56 Å². The van der Waals surface area contributed by atoms with Crippen LogP contribution in [0.1, 0.15) is 27.0 Å². The number of hydrogen-bond donors (Lipinski definition) is 0. The SMILES string of the molecule is C=COc1ccc(Cc2c(-c3ccc(C=O)cc3)oc3cc(C)ccc23)cc1. The first-order valence-electron chi connectivity index (χ1n) is 9.12. The third-order valence-electron chi connectivity index (χ3n) is 4.78. The van der Waals surface area contributed by atoms with Crippen LogP contribution in [0, 0.1) is 6.92 Å². The first-order chi connectivity index (χ1) is 13.7. The Morgan fingerprint density at radius 1 is 1.00 bits per heavy atom. The van der Waals surface area contributed by atoms with Crippen LogP contribution >= 0.6 is 0 Å². The Labute approximate surface area is 163 Å². The van der Waals surface area contributed by atoms with Crippen molar-refractivity contribution < 1.29 is 13.9 Å². The van der Waals surface area contributed by atoms with Gasteiger partial charge in [-0.05, 0) is 36.2 Å². The average molecular weight is 368 g/mol. The van der Waals surface area contributed by atoms with E-state index in [0.717, 1.165) is 57.4 Å². The lowest BCUT2D eigenvalue weighted by molar-refractivity contribution is 0.112. The summed E-state index contributed by atoms with van der Waals surface area (Å²) < 4.78 is 11.6. The molecule has 3 nitrogen and oxygen atoms in total. The second-order valence-electron chi connectivity index (χ2n) is 6.75. The van der Waals surface area contributed by atoms with Gasteiger partial charge in [0.2, 0.25) is 0 Å². The summed E-state index contributed by atoms with van der Waals surface area (Å²) in [4.78, 5) is 11.0. The Balaban J connectivity index is 1.80. The molecule has 1 heterocycles. The standard InChI is InChI=1S/C25H20O3/c1-3-27-21-11-7-18(8-12-21)15-23-22-13-4-17(2)14-24(22)28-25(23)20-9-5-19(16-26)6-10-20/h3-14,16H,1,15H2,2H3. The van der Waals surface area contributed by atoms with Crippen LogP contribution in [0.3, 0.4) is 0 Å². The molecule has 0 spiro atoms. The predicted octanol–water partition coefficient (Wildman–Crippen LogP) is 6.33. The Bertz CT molecular complexity index is 1130. The van der Waals surface area contributed by atoms with Crippen molar-refractivity contribution >= 4 is 17.3 Å². The molecule has 0 N–H and O–H groups in total. The van der Waals surface area contributed by atoms with Crippen LogP contribution in [-0.4, -0.2) is 6.29 Å². The summed E-state index contributed by atoms with van der Waals surface area (Å²) in [5.74, 6) is 1.60. The molecule has 0 amide bonds. The van der Waals surface area contributed by atoms with Gasteiger partial charge in [-0.25, -0.2) is 0 Å². The summed E-state index contributed by atoms with van der Waals surface area (Å²) in [7, 11) is 0. The van der Waals surface area contributed by atoms with Crippen molar-refractivity contribution in [2.24, 2.45) is 0 Å². The van der Waals surface area contributed by atoms with Crippen molar-refractivity contribution in [2.45, 2.75) is 13.3 Å². The van der Waals surface area contributed by atoms with Gasteiger partial charge in [-0.3, -0.25) is 4.79 Å². The monoisotopic (exact) mass is 368 g/mol. The number of carbonyl (C=O) groups excluding carboxylic acids is 1. The molecule has 0 aliphatic carbocycles. The van der Waals surface area contributed by atoms with E-state index in [-0.39, 0.29) is 0 Å². The molecule has 1 aromatic heterocycles. The van der Waals surface area contributed by atoms with E-state index in [9.17, 15) is 4.79 Å². The molecule has 4 aromatic rings. The summed E-state index contributed by atoms with van der Waals surface area (Å²) in [6.07, 6.45) is 3.00. The molecule has 0 saturated heterocycles. The molecule has 138 valence electrons. The van der Waals surface area contributed by atoms with E-state index in [2.05, 4.69) is 31.7 Å². The number of aryl methyl sites for hydroxylation is 1. The van der Waals surface area contributed by atoms with Crippen molar-refractivity contribution in [3.05, 3.63) is 102 Å². The summed E-state index contributed by atoms with van der Waals surface area (Å²) >= 11 is 0. The van der Waals surface area contributed by atoms with Crippen LogP contribution in [0.15, 0.2) is 84.0 Å². The highest BCUT2D eigenvalue weighted by atomic mass is 16.5. The minimum Gasteiger partial charge on any atom is -0.466 e. The van der Waals surface area contributed by atoms with Crippen LogP contribution in [0.5, 0.6) is 5.75 Å². The number of hydrogen-bond acceptors (Lipinski definition) is 3. The number of aldehydes is 1. The van der Waals surface area contributed by atoms with Gasteiger partial charge in [-0.15, -0.1) is 0 Å². The van der Waals surface area contributed by atoms with Gasteiger partial charge >= 0.3 is 0 Å². The molecule has 0 saturated carbocycles. The maximum absolute atomic E-state index is 11.0. The van der Waals surface area contributed by atoms with Gasteiger partial charge in [0.05, 0.1) is 6.26 Å². The highest BCUT2D eigenvalue weighted by Crippen LogP contribution is 2.36. The lowest BCUT2D eigenvalue weighted by Crippen LogP contribution is -1.91. The molecule has 0 radical (unpaired) electrons. The zero-order chi connectivity index (χ0) is 19.5. The van der Waals surface area contributed by atoms with Gasteiger partial charge in [0.1, 0.15) is 23.4 Å². The van der Waals surface area contributed by atoms with Crippen molar-refractivity contribution in [1.29, 1.82) is 0 Å². The molecular formula is C25H20O3. The van der Waals surface area contributed by atoms with Crippen LogP contribution in [0.25, 0.3) is 22.3 Å². The first-order valence-corrected chi connectivity index (χ1v) is 9.12. The third kappa shape index (κ3) is 3.47. The van der Waals surface area contributed by atoms with Crippen molar-refractivity contribution in [3.8, 4) is 17.1 Å². The molecule has 3 heteroatoms. The predicted molar refractivity (Wildman–Crippen MR) is 112 cm³/mol. The fourth-order valence-corrected chi connectivity index (χ4v) is 3.37. The molecule has 0 aliphatic heterocycles. The zero-order valence-corrected chi connectivity index (χ0v) is 15.6. The van der Waals surface area contributed by atoms with Gasteiger partial charge in [0, 0.05) is 28.5 Å². The lowest BCUT2D eigenvalue weighted by atomic mass is 9.98. The molecular weight excluding hydrogens is 348 g/mol. The van der Waals surface area contributed by atoms with Crippen molar-refractivity contribution in [1.82, 2.24) is 0 Å². The van der Waals surface area contributed by atoms with Crippen LogP contribution in [0.4, 0.5) is 0 Å². The Hall–Kier alpha value is -3.59. The second-order valence-corrected chi connectivity index (χ2v) is 6.75. The first kappa shape index (κ1) is 17.8. The summed E-state index contributed by atoms with van der Waals surface area (Å²) in [6, 6.07) is 21.7. The quantitative estimate of drug-likeness (QED) is 0.295. The van der Waals surface area contributed by atoms with E-state index < -0.39 is 0 Å². The minimum atomic E-state index is 0.648. The molecule has 0 bridgehead atoms. The third-order valence-corrected chi connectivity index (χ3v) is 4.78. The topological polar surface area (TPSA) is 39.4 Å². The van der Waals surface area contributed by atoms with E-state index in [1.165, 1.54) is 6.26 Å². The fraction of sp³-hybridized carbons (Fsp3) is 0.0800. The number of furan rings is 1. The maximum atomic E-state index is 11.0. The van der Waals surface area contributed by atoms with Gasteiger partial charge in [-0.1, -0.05) is 55.1 Å². The molecule has 0 atom stereocenters. The van der Waals surface area contributed by atoms with Gasteiger partial charge in [0.15, 0.2) is 0 Å². The zero-order valence-electron chi connectivity index (χ0n) is 15.6. The number of carbonyl (C=O) groups is 1. The Kier molecular flexibility index (Phi) is 4.81. The molecule has 3 aromatic carbocycles. The van der Waals surface area contributed by atoms with Gasteiger partial charge in [0.25, 0.3) is 0 Å². The molecule has 4 rings (SSSR count). The number of ether oxygens (including phenoxy) is 1. The van der Waals surface area contributed by atoms with E-state index in [1.807, 2.05) is 48.5 Å². The fourth-order valence-electron chi connectivity index (χ4n) is 3.37. The van der Waals surface area contributed by atoms with Gasteiger partial charge in [-0.2, -0.15) is 0 Å². The van der Waals surface area contributed by atoms with E-state index in [4.69, 9.17) is 9.15 Å². The van der Waals surface area contributed by atoms with Crippen molar-refractivity contribution in [3.63, 3.8) is 0 Å². The number of benzene rings is 3. The Morgan fingerprint density at radius 2 is 1.75 bits per heavy atom. The normalized spacial score (nSPS) is 10.8. The van der Waals surface area contributed by atoms with Gasteiger partial charge < -0.3 is 9.15 Å². The number of fused-ring (bicyclic) bond motifs is 1. The summed E-state index contributed by atoms with van der Waals surface area (Å²) in [6.45, 7) is 5.64. The van der Waals surface area contributed by atoms with E-state index >= 15 is 0 Å². The average Bonchev–Trinajstić information content (AvgIpc) is 3.07. The van der Waals surface area contributed by atoms with Crippen LogP contribution in [0.2, 0.25) is 0 Å².